The van der Waals surface area contributed by atoms with Gasteiger partial charge in [-0.25, -0.2) is 0 Å². The highest BCUT2D eigenvalue weighted by atomic mass is 16.5. The Morgan fingerprint density at radius 1 is 1.62 bits per heavy atom. The number of nitrogens with one attached hydrogen (secondary N) is 1. The van der Waals surface area contributed by atoms with Gasteiger partial charge in [0.05, 0.1) is 17.9 Å². The van der Waals surface area contributed by atoms with Gasteiger partial charge in [0.25, 0.3) is 0 Å². The van der Waals surface area contributed by atoms with Crippen molar-refractivity contribution in [2.45, 2.75) is 19.4 Å². The zero-order chi connectivity index (χ0) is 12.0. The number of nitrogens with two attached hydrogens (primary N) is 1. The lowest BCUT2D eigenvalue weighted by atomic mass is 10.2. The van der Waals surface area contributed by atoms with Gasteiger partial charge in [0, 0.05) is 19.9 Å². The average molecular weight is 223 g/mol. The zero-order valence-electron chi connectivity index (χ0n) is 9.56. The Morgan fingerprint density at radius 2 is 2.38 bits per heavy atom. The summed E-state index contributed by atoms with van der Waals surface area (Å²) in [5.41, 5.74) is 7.33. The first-order chi connectivity index (χ1) is 7.63. The minimum absolute atomic E-state index is 0.218. The van der Waals surface area contributed by atoms with E-state index < -0.39 is 6.04 Å². The molecule has 16 heavy (non-hydrogen) atoms. The summed E-state index contributed by atoms with van der Waals surface area (Å²) in [5.74, 6) is -0.218. The number of carbonyl (C=O) groups is 1. The second kappa shape index (κ2) is 6.19. The number of rotatable bonds is 5. The van der Waals surface area contributed by atoms with Crippen LogP contribution in [0.4, 0.5) is 5.69 Å². The number of aryl methyl sites for hydroxylation is 1. The van der Waals surface area contributed by atoms with Gasteiger partial charge in [0.1, 0.15) is 0 Å². The molecule has 0 spiro atoms. The third-order valence-corrected chi connectivity index (χ3v) is 2.11. The number of hydrogen-bond donors (Lipinski definition) is 2. The second-order valence-electron chi connectivity index (χ2n) is 3.63. The first-order valence-corrected chi connectivity index (χ1v) is 5.10. The van der Waals surface area contributed by atoms with E-state index >= 15 is 0 Å². The van der Waals surface area contributed by atoms with Crippen molar-refractivity contribution in [2.24, 2.45) is 5.73 Å². The fourth-order valence-corrected chi connectivity index (χ4v) is 1.23. The molecule has 1 aromatic rings. The molecule has 1 atom stereocenters. The highest BCUT2D eigenvalue weighted by Crippen LogP contribution is 2.07. The summed E-state index contributed by atoms with van der Waals surface area (Å²) in [4.78, 5) is 15.6. The van der Waals surface area contributed by atoms with Gasteiger partial charge in [-0.15, -0.1) is 0 Å². The van der Waals surface area contributed by atoms with E-state index in [4.69, 9.17) is 10.5 Å². The minimum Gasteiger partial charge on any atom is -0.385 e. The highest BCUT2D eigenvalue weighted by Gasteiger charge is 2.13. The van der Waals surface area contributed by atoms with E-state index in [2.05, 4.69) is 10.3 Å². The van der Waals surface area contributed by atoms with Gasteiger partial charge in [-0.1, -0.05) is 0 Å². The third-order valence-electron chi connectivity index (χ3n) is 2.11. The Morgan fingerprint density at radius 3 is 3.00 bits per heavy atom. The number of amides is 1. The van der Waals surface area contributed by atoms with Crippen molar-refractivity contribution in [2.75, 3.05) is 19.0 Å². The predicted octanol–water partition coefficient (Wildman–Crippen LogP) is 0.692. The summed E-state index contributed by atoms with van der Waals surface area (Å²) in [5, 5.41) is 2.71. The number of anilines is 1. The Bertz CT molecular complexity index is 355. The van der Waals surface area contributed by atoms with Crippen molar-refractivity contribution in [3.63, 3.8) is 0 Å². The molecule has 0 radical (unpaired) electrons. The van der Waals surface area contributed by atoms with Crippen LogP contribution in [-0.4, -0.2) is 30.6 Å². The summed E-state index contributed by atoms with van der Waals surface area (Å²) in [6, 6.07) is 1.29. The van der Waals surface area contributed by atoms with Gasteiger partial charge in [0.15, 0.2) is 0 Å². The van der Waals surface area contributed by atoms with Gasteiger partial charge in [-0.2, -0.15) is 0 Å². The molecule has 0 aliphatic carbocycles. The molecule has 0 fully saturated rings. The molecule has 0 saturated heterocycles. The fraction of sp³-hybridized carbons (Fsp3) is 0.455. The topological polar surface area (TPSA) is 77.2 Å². The maximum absolute atomic E-state index is 11.6. The van der Waals surface area contributed by atoms with Crippen LogP contribution < -0.4 is 11.1 Å². The van der Waals surface area contributed by atoms with Crippen LogP contribution in [0.2, 0.25) is 0 Å². The summed E-state index contributed by atoms with van der Waals surface area (Å²) in [6.07, 6.45) is 3.82. The number of carbonyl (C=O) groups excluding carboxylic acids is 1. The lowest BCUT2D eigenvalue weighted by Crippen LogP contribution is -2.36. The Balaban J connectivity index is 2.50. The standard InChI is InChI=1S/C11H17N3O2/c1-8-5-9(7-13-6-8)14-11(15)10(12)3-4-16-2/h5-7,10H,3-4,12H2,1-2H3,(H,14,15). The molecule has 1 unspecified atom stereocenters. The minimum atomic E-state index is -0.555. The first-order valence-electron chi connectivity index (χ1n) is 5.10. The van der Waals surface area contributed by atoms with Crippen LogP contribution in [0.1, 0.15) is 12.0 Å². The Hall–Kier alpha value is -1.46. The molecule has 3 N–H and O–H groups in total. The van der Waals surface area contributed by atoms with E-state index in [1.807, 2.05) is 13.0 Å². The molecule has 1 amide bonds. The number of methoxy groups -OCH3 is 1. The SMILES string of the molecule is COCCC(N)C(=O)Nc1cncc(C)c1. The van der Waals surface area contributed by atoms with Crippen LogP contribution in [0.5, 0.6) is 0 Å². The molecule has 0 aliphatic rings. The van der Waals surface area contributed by atoms with E-state index in [1.165, 1.54) is 0 Å². The predicted molar refractivity (Wildman–Crippen MR) is 62.1 cm³/mol. The van der Waals surface area contributed by atoms with Crippen molar-refractivity contribution in [1.82, 2.24) is 4.98 Å². The van der Waals surface area contributed by atoms with E-state index in [1.54, 1.807) is 19.5 Å². The van der Waals surface area contributed by atoms with E-state index in [0.29, 0.717) is 18.7 Å². The molecular weight excluding hydrogens is 206 g/mol. The molecular formula is C11H17N3O2. The van der Waals surface area contributed by atoms with Crippen molar-refractivity contribution >= 4 is 11.6 Å². The average Bonchev–Trinajstić information content (AvgIpc) is 2.25. The molecule has 5 nitrogen and oxygen atoms in total. The van der Waals surface area contributed by atoms with Gasteiger partial charge in [-0.05, 0) is 25.0 Å². The summed E-state index contributed by atoms with van der Waals surface area (Å²) in [7, 11) is 1.58. The maximum atomic E-state index is 11.6. The van der Waals surface area contributed by atoms with E-state index in [9.17, 15) is 4.79 Å². The normalized spacial score (nSPS) is 12.2. The van der Waals surface area contributed by atoms with Crippen LogP contribution in [0.15, 0.2) is 18.5 Å². The van der Waals surface area contributed by atoms with Gasteiger partial charge in [0.2, 0.25) is 5.91 Å². The van der Waals surface area contributed by atoms with Crippen LogP contribution in [-0.2, 0) is 9.53 Å². The lowest BCUT2D eigenvalue weighted by molar-refractivity contribution is -0.117. The smallest absolute Gasteiger partial charge is 0.241 e. The largest absolute Gasteiger partial charge is 0.385 e. The van der Waals surface area contributed by atoms with Gasteiger partial charge < -0.3 is 15.8 Å². The fourth-order valence-electron chi connectivity index (χ4n) is 1.23. The molecule has 1 rings (SSSR count). The number of nitrogens with zero attached hydrogens (tertiary/aromatic N) is 1. The number of hydrogen-bond acceptors (Lipinski definition) is 4. The Kier molecular flexibility index (Phi) is 4.88. The highest BCUT2D eigenvalue weighted by molar-refractivity contribution is 5.94. The van der Waals surface area contributed by atoms with E-state index in [-0.39, 0.29) is 5.91 Å². The van der Waals surface area contributed by atoms with Crippen molar-refractivity contribution in [3.8, 4) is 0 Å². The van der Waals surface area contributed by atoms with Crippen LogP contribution in [0.3, 0.4) is 0 Å². The molecule has 0 aromatic carbocycles. The maximum Gasteiger partial charge on any atom is 0.241 e. The molecule has 0 saturated carbocycles. The molecule has 1 aromatic heterocycles. The van der Waals surface area contributed by atoms with Crippen LogP contribution >= 0.6 is 0 Å². The monoisotopic (exact) mass is 223 g/mol. The molecule has 0 bridgehead atoms. The van der Waals surface area contributed by atoms with Crippen LogP contribution in [0.25, 0.3) is 0 Å². The number of aromatic nitrogens is 1. The molecule has 1 heterocycles. The first kappa shape index (κ1) is 12.6. The quantitative estimate of drug-likeness (QED) is 0.770. The van der Waals surface area contributed by atoms with Gasteiger partial charge >= 0.3 is 0 Å². The lowest BCUT2D eigenvalue weighted by Gasteiger charge is -2.11. The Labute approximate surface area is 95.0 Å². The number of ether oxygens (including phenoxy) is 1. The summed E-state index contributed by atoms with van der Waals surface area (Å²) < 4.78 is 4.86. The third kappa shape index (κ3) is 3.96. The molecule has 0 aliphatic heterocycles. The van der Waals surface area contributed by atoms with Crippen LogP contribution in [0, 0.1) is 6.92 Å². The van der Waals surface area contributed by atoms with Crippen molar-refractivity contribution in [3.05, 3.63) is 24.0 Å². The van der Waals surface area contributed by atoms with E-state index in [0.717, 1.165) is 5.56 Å². The van der Waals surface area contributed by atoms with Gasteiger partial charge in [-0.3, -0.25) is 9.78 Å². The van der Waals surface area contributed by atoms with Crippen molar-refractivity contribution < 1.29 is 9.53 Å². The second-order valence-corrected chi connectivity index (χ2v) is 3.63. The molecule has 88 valence electrons. The number of pyridine rings is 1. The zero-order valence-corrected chi connectivity index (χ0v) is 9.56. The molecule has 5 heteroatoms. The van der Waals surface area contributed by atoms with Crippen molar-refractivity contribution in [1.29, 1.82) is 0 Å². The summed E-state index contributed by atoms with van der Waals surface area (Å²) in [6.45, 7) is 2.38. The summed E-state index contributed by atoms with van der Waals surface area (Å²) >= 11 is 0.